The quantitative estimate of drug-likeness (QED) is 0.279. The summed E-state index contributed by atoms with van der Waals surface area (Å²) < 4.78 is 24.0. The van der Waals surface area contributed by atoms with Gasteiger partial charge in [0.2, 0.25) is 5.95 Å². The molecular weight excluding hydrogens is 556 g/mol. The Morgan fingerprint density at radius 2 is 2.02 bits per heavy atom. The molecule has 1 saturated carbocycles. The monoisotopic (exact) mass is 575 g/mol. The van der Waals surface area contributed by atoms with Crippen molar-refractivity contribution in [2.45, 2.75) is 38.1 Å². The second-order valence-electron chi connectivity index (χ2n) is 10.5. The molecular formula is C28H20Cl2FN7O2. The number of hydrogen-bond acceptors (Lipinski definition) is 6. The lowest BCUT2D eigenvalue weighted by Crippen LogP contribution is -2.26. The molecule has 0 radical (unpaired) electrons. The van der Waals surface area contributed by atoms with E-state index in [1.54, 1.807) is 33.6 Å². The van der Waals surface area contributed by atoms with Gasteiger partial charge in [-0.1, -0.05) is 39.6 Å². The average molecular weight is 576 g/mol. The number of hydrogen-bond donors (Lipinski definition) is 1. The molecule has 1 aromatic carbocycles. The number of H-pyrrole nitrogens is 1. The van der Waals surface area contributed by atoms with E-state index in [9.17, 15) is 4.79 Å². The zero-order valence-electron chi connectivity index (χ0n) is 21.0. The van der Waals surface area contributed by atoms with Crippen LogP contribution in [0.1, 0.15) is 54.0 Å². The Hall–Kier alpha value is -4.02. The fraction of sp³-hybridized carbons (Fsp3) is 0.250. The minimum absolute atomic E-state index is 0.161. The molecule has 2 aliphatic carbocycles. The maximum absolute atomic E-state index is 15.2. The van der Waals surface area contributed by atoms with Crippen molar-refractivity contribution in [1.82, 2.24) is 34.7 Å². The lowest BCUT2D eigenvalue weighted by atomic mass is 9.96. The normalized spacial score (nSPS) is 21.6. The Balaban J connectivity index is 1.21. The molecule has 0 amide bonds. The first-order valence-corrected chi connectivity index (χ1v) is 13.7. The highest BCUT2D eigenvalue weighted by molar-refractivity contribution is 6.31. The minimum Gasteiger partial charge on any atom is -0.356 e. The first-order chi connectivity index (χ1) is 19.4. The Morgan fingerprint density at radius 3 is 2.85 bits per heavy atom. The van der Waals surface area contributed by atoms with Crippen molar-refractivity contribution in [1.29, 1.82) is 0 Å². The molecule has 1 N–H and O–H groups in total. The summed E-state index contributed by atoms with van der Waals surface area (Å²) in [6.45, 7) is 1.85. The predicted molar refractivity (Wildman–Crippen MR) is 147 cm³/mol. The smallest absolute Gasteiger partial charge is 0.252 e. The van der Waals surface area contributed by atoms with E-state index in [2.05, 4.69) is 25.4 Å². The van der Waals surface area contributed by atoms with E-state index in [-0.39, 0.29) is 34.3 Å². The standard InChI is InChI=1S/C28H20Cl2FN7O2/c1-12-16-4-2-13(7-22(16)40-35-12)25-27(31)33-28(32-25)26-19-10-18(19)21-6-14(8-24(39)38(21)26)17-9-15(29)3-5-20(17)37-11-23(30)34-36-37/h2,4,6-9,11,18-19,26H,3,5,10H2,1H3,(H,32,33). The van der Waals surface area contributed by atoms with Gasteiger partial charge in [-0.05, 0) is 61.9 Å². The third-order valence-electron chi connectivity index (χ3n) is 8.15. The van der Waals surface area contributed by atoms with E-state index in [0.717, 1.165) is 40.0 Å². The summed E-state index contributed by atoms with van der Waals surface area (Å²) in [5.41, 5.74) is 5.25. The van der Waals surface area contributed by atoms with Crippen molar-refractivity contribution in [3.63, 3.8) is 0 Å². The van der Waals surface area contributed by atoms with Crippen LogP contribution >= 0.6 is 23.2 Å². The summed E-state index contributed by atoms with van der Waals surface area (Å²) in [6.07, 6.45) is 5.70. The number of aromatic amines is 1. The number of fused-ring (bicyclic) bond motifs is 4. The molecule has 40 heavy (non-hydrogen) atoms. The molecule has 5 aromatic rings. The number of allylic oxidation sites excluding steroid dienone is 4. The molecule has 3 unspecified atom stereocenters. The molecule has 5 heterocycles. The van der Waals surface area contributed by atoms with Crippen molar-refractivity contribution >= 4 is 45.4 Å². The first-order valence-electron chi connectivity index (χ1n) is 12.9. The van der Waals surface area contributed by atoms with Gasteiger partial charge >= 0.3 is 0 Å². The molecule has 3 aliphatic rings. The molecule has 4 aromatic heterocycles. The highest BCUT2D eigenvalue weighted by atomic mass is 35.5. The SMILES string of the molecule is Cc1noc2cc(-c3nc(C4C5CC5c5cc(C6=C(n7cc(Cl)nn7)CCC(Cl)=C6)cc(=O)n54)[nH]c3F)ccc12. The molecule has 1 aliphatic heterocycles. The molecule has 1 fully saturated rings. The zero-order valence-corrected chi connectivity index (χ0v) is 22.5. The number of rotatable bonds is 4. The summed E-state index contributed by atoms with van der Waals surface area (Å²) >= 11 is 12.5. The highest BCUT2D eigenvalue weighted by Gasteiger charge is 2.54. The van der Waals surface area contributed by atoms with Crippen LogP contribution in [0.3, 0.4) is 0 Å². The van der Waals surface area contributed by atoms with E-state index >= 15 is 4.39 Å². The number of aryl methyl sites for hydroxylation is 1. The molecule has 9 nitrogen and oxygen atoms in total. The van der Waals surface area contributed by atoms with Crippen molar-refractivity contribution in [3.8, 4) is 11.3 Å². The van der Waals surface area contributed by atoms with Gasteiger partial charge in [-0.2, -0.15) is 4.39 Å². The van der Waals surface area contributed by atoms with E-state index in [4.69, 9.17) is 27.7 Å². The van der Waals surface area contributed by atoms with Crippen molar-refractivity contribution in [2.75, 3.05) is 0 Å². The van der Waals surface area contributed by atoms with E-state index < -0.39 is 5.95 Å². The fourth-order valence-electron chi connectivity index (χ4n) is 6.22. The van der Waals surface area contributed by atoms with Gasteiger partial charge in [-0.3, -0.25) is 4.79 Å². The van der Waals surface area contributed by atoms with E-state index in [0.29, 0.717) is 34.8 Å². The number of nitrogens with one attached hydrogen (secondary N) is 1. The number of pyridine rings is 1. The number of nitrogens with zero attached hydrogens (tertiary/aromatic N) is 6. The Kier molecular flexibility index (Phi) is 5.06. The Morgan fingerprint density at radius 1 is 1.15 bits per heavy atom. The van der Waals surface area contributed by atoms with Gasteiger partial charge in [0.25, 0.3) is 5.56 Å². The van der Waals surface area contributed by atoms with Gasteiger partial charge in [-0.25, -0.2) is 9.67 Å². The van der Waals surface area contributed by atoms with Crippen LogP contribution in [0.5, 0.6) is 0 Å². The van der Waals surface area contributed by atoms with Crippen LogP contribution < -0.4 is 5.56 Å². The zero-order chi connectivity index (χ0) is 27.3. The van der Waals surface area contributed by atoms with Crippen molar-refractivity contribution in [3.05, 3.63) is 91.9 Å². The third-order valence-corrected chi connectivity index (χ3v) is 8.62. The second kappa shape index (κ2) is 8.49. The minimum atomic E-state index is -0.552. The largest absolute Gasteiger partial charge is 0.356 e. The van der Waals surface area contributed by atoms with Gasteiger partial charge in [0.1, 0.15) is 11.5 Å². The van der Waals surface area contributed by atoms with E-state index in [1.165, 1.54) is 0 Å². The number of aromatic nitrogens is 7. The summed E-state index contributed by atoms with van der Waals surface area (Å²) in [5, 5.41) is 13.9. The molecule has 0 saturated heterocycles. The number of imidazole rings is 1. The predicted octanol–water partition coefficient (Wildman–Crippen LogP) is 6.06. The summed E-state index contributed by atoms with van der Waals surface area (Å²) in [4.78, 5) is 21.1. The molecule has 12 heteroatoms. The Bertz CT molecular complexity index is 2000. The van der Waals surface area contributed by atoms with Crippen LogP contribution in [0, 0.1) is 18.8 Å². The summed E-state index contributed by atoms with van der Waals surface area (Å²) in [6, 6.07) is 8.63. The second-order valence-corrected chi connectivity index (χ2v) is 11.4. The Labute approximate surface area is 235 Å². The lowest BCUT2D eigenvalue weighted by molar-refractivity contribution is 0.450. The van der Waals surface area contributed by atoms with Crippen LogP contribution in [-0.4, -0.2) is 34.7 Å². The molecule has 8 rings (SSSR count). The van der Waals surface area contributed by atoms with Crippen LogP contribution in [0.4, 0.5) is 4.39 Å². The van der Waals surface area contributed by atoms with Crippen LogP contribution in [-0.2, 0) is 0 Å². The van der Waals surface area contributed by atoms with Crippen LogP contribution in [0.2, 0.25) is 5.15 Å². The van der Waals surface area contributed by atoms with Gasteiger partial charge in [-0.15, -0.1) is 5.10 Å². The molecule has 0 bridgehead atoms. The van der Waals surface area contributed by atoms with E-state index in [1.807, 2.05) is 25.1 Å². The third kappa shape index (κ3) is 3.55. The topological polar surface area (TPSA) is 107 Å². The molecule has 0 spiro atoms. The maximum atomic E-state index is 15.2. The van der Waals surface area contributed by atoms with Gasteiger partial charge in [0.15, 0.2) is 10.7 Å². The van der Waals surface area contributed by atoms with Gasteiger partial charge < -0.3 is 14.1 Å². The van der Waals surface area contributed by atoms with Crippen molar-refractivity contribution < 1.29 is 8.91 Å². The lowest BCUT2D eigenvalue weighted by Gasteiger charge is -2.20. The number of halogens is 3. The van der Waals surface area contributed by atoms with Crippen LogP contribution in [0.25, 0.3) is 33.5 Å². The summed E-state index contributed by atoms with van der Waals surface area (Å²) in [7, 11) is 0. The van der Waals surface area contributed by atoms with Crippen LogP contribution in [0.15, 0.2) is 57.0 Å². The highest BCUT2D eigenvalue weighted by Crippen LogP contribution is 2.60. The molecule has 3 atom stereocenters. The van der Waals surface area contributed by atoms with Crippen molar-refractivity contribution in [2.24, 2.45) is 5.92 Å². The summed E-state index contributed by atoms with van der Waals surface area (Å²) in [5.74, 6) is 0.230. The van der Waals surface area contributed by atoms with Gasteiger partial charge in [0, 0.05) is 39.2 Å². The fourth-order valence-corrected chi connectivity index (χ4v) is 6.55. The average Bonchev–Trinajstić information content (AvgIpc) is 3.21. The van der Waals surface area contributed by atoms with Gasteiger partial charge in [0.05, 0.1) is 23.6 Å². The first kappa shape index (κ1) is 23.8. The number of benzene rings is 1. The maximum Gasteiger partial charge on any atom is 0.252 e. The molecule has 200 valence electrons.